The van der Waals surface area contributed by atoms with Crippen LogP contribution in [-0.4, -0.2) is 67.4 Å². The summed E-state index contributed by atoms with van der Waals surface area (Å²) in [6.07, 6.45) is -4.62. The van der Waals surface area contributed by atoms with Gasteiger partial charge in [-0.2, -0.15) is 0 Å². The van der Waals surface area contributed by atoms with E-state index in [9.17, 15) is 14.7 Å². The Balaban J connectivity index is 1.88. The fourth-order valence-corrected chi connectivity index (χ4v) is 3.40. The fraction of sp³-hybridized carbons (Fsp3) is 0.579. The molecule has 0 aromatic heterocycles. The lowest BCUT2D eigenvalue weighted by Gasteiger charge is -2.49. The molecule has 0 bridgehead atoms. The Morgan fingerprint density at radius 1 is 1.25 bits per heavy atom. The van der Waals surface area contributed by atoms with Crippen molar-refractivity contribution in [3.63, 3.8) is 0 Å². The summed E-state index contributed by atoms with van der Waals surface area (Å²) in [5.74, 6) is -1.44. The molecule has 0 radical (unpaired) electrons. The van der Waals surface area contributed by atoms with Crippen LogP contribution in [0.3, 0.4) is 0 Å². The third-order valence-corrected chi connectivity index (χ3v) is 4.72. The van der Waals surface area contributed by atoms with Gasteiger partial charge in [0.05, 0.1) is 6.61 Å². The van der Waals surface area contributed by atoms with Gasteiger partial charge in [-0.1, -0.05) is 30.3 Å². The Bertz CT molecular complexity index is 684. The fourth-order valence-electron chi connectivity index (χ4n) is 3.40. The van der Waals surface area contributed by atoms with Crippen LogP contribution < -0.4 is 5.32 Å². The molecule has 1 aromatic rings. The summed E-state index contributed by atoms with van der Waals surface area (Å²) >= 11 is 0. The summed E-state index contributed by atoms with van der Waals surface area (Å²) in [5, 5.41) is 12.0. The molecular weight excluding hydrogens is 370 g/mol. The van der Waals surface area contributed by atoms with Gasteiger partial charge in [-0.25, -0.2) is 4.79 Å². The molecule has 3 rings (SSSR count). The minimum absolute atomic E-state index is 0.207. The molecule has 1 aromatic carbocycles. The molecule has 0 saturated carbocycles. The summed E-state index contributed by atoms with van der Waals surface area (Å²) in [7, 11) is 1.44. The zero-order valence-corrected chi connectivity index (χ0v) is 15.9. The molecule has 1 unspecified atom stereocenters. The summed E-state index contributed by atoms with van der Waals surface area (Å²) in [6.45, 7) is 2.99. The lowest BCUT2D eigenvalue weighted by Crippen LogP contribution is -2.67. The van der Waals surface area contributed by atoms with Crippen molar-refractivity contribution in [2.45, 2.75) is 56.9 Å². The number of hydrogen-bond acceptors (Lipinski definition) is 7. The number of nitrogens with one attached hydrogen (secondary N) is 1. The van der Waals surface area contributed by atoms with Crippen molar-refractivity contribution in [2.75, 3.05) is 13.7 Å². The molecular formula is C19H25NO8. The molecule has 9 nitrogen and oxygen atoms in total. The van der Waals surface area contributed by atoms with Gasteiger partial charge >= 0.3 is 5.97 Å². The van der Waals surface area contributed by atoms with Crippen LogP contribution in [0.1, 0.15) is 25.7 Å². The average Bonchev–Trinajstić information content (AvgIpc) is 2.69. The van der Waals surface area contributed by atoms with Gasteiger partial charge in [0.25, 0.3) is 0 Å². The highest BCUT2D eigenvalue weighted by Crippen LogP contribution is 2.35. The van der Waals surface area contributed by atoms with Crippen molar-refractivity contribution in [3.05, 3.63) is 35.9 Å². The van der Waals surface area contributed by atoms with E-state index in [-0.39, 0.29) is 12.5 Å². The van der Waals surface area contributed by atoms with Crippen molar-refractivity contribution in [1.29, 1.82) is 0 Å². The number of fused-ring (bicyclic) bond motifs is 1. The van der Waals surface area contributed by atoms with Gasteiger partial charge in [0, 0.05) is 19.6 Å². The van der Waals surface area contributed by atoms with E-state index in [0.717, 1.165) is 5.56 Å². The van der Waals surface area contributed by atoms with Gasteiger partial charge in [-0.3, -0.25) is 4.79 Å². The van der Waals surface area contributed by atoms with Crippen LogP contribution in [0.2, 0.25) is 0 Å². The highest BCUT2D eigenvalue weighted by Gasteiger charge is 2.52. The molecule has 154 valence electrons. The maximum Gasteiger partial charge on any atom is 0.332 e. The standard InChI is InChI=1S/C19H25NO8/c1-10(17(22)23)26-16-14(20-11(2)21)19(24-3)27-13-9-25-18(28-15(13)16)12-7-5-4-6-8-12/h4-8,10,13-16,18-19H,9H2,1-3H3,(H,20,21)(H,22,23)/t10?,13-,14-,15-,16-,18-,19+/m1/s1. The number of ether oxygens (including phenoxy) is 5. The Kier molecular flexibility index (Phi) is 6.63. The maximum atomic E-state index is 11.7. The number of aliphatic carboxylic acids is 1. The van der Waals surface area contributed by atoms with Crippen molar-refractivity contribution < 1.29 is 38.4 Å². The molecule has 2 saturated heterocycles. The molecule has 9 heteroatoms. The first-order valence-electron chi connectivity index (χ1n) is 9.06. The number of carboxylic acid groups (broad SMARTS) is 1. The van der Waals surface area contributed by atoms with E-state index in [1.54, 1.807) is 0 Å². The summed E-state index contributed by atoms with van der Waals surface area (Å²) < 4.78 is 28.9. The van der Waals surface area contributed by atoms with Crippen molar-refractivity contribution in [2.24, 2.45) is 0 Å². The molecule has 2 heterocycles. The van der Waals surface area contributed by atoms with Gasteiger partial charge in [0.1, 0.15) is 24.4 Å². The number of methoxy groups -OCH3 is 1. The second-order valence-corrected chi connectivity index (χ2v) is 6.76. The largest absolute Gasteiger partial charge is 0.479 e. The van der Waals surface area contributed by atoms with E-state index < -0.39 is 49.0 Å². The quantitative estimate of drug-likeness (QED) is 0.729. The molecule has 2 aliphatic heterocycles. The lowest BCUT2D eigenvalue weighted by molar-refractivity contribution is -0.347. The van der Waals surface area contributed by atoms with Crippen LogP contribution in [0.15, 0.2) is 30.3 Å². The maximum absolute atomic E-state index is 11.7. The molecule has 2 N–H and O–H groups in total. The second-order valence-electron chi connectivity index (χ2n) is 6.76. The molecule has 2 aliphatic rings. The summed E-state index contributed by atoms with van der Waals surface area (Å²) in [4.78, 5) is 23.1. The summed E-state index contributed by atoms with van der Waals surface area (Å²) in [5.41, 5.74) is 0.816. The number of carbonyl (C=O) groups excluding carboxylic acids is 1. The van der Waals surface area contributed by atoms with Crippen molar-refractivity contribution >= 4 is 11.9 Å². The Hall–Kier alpha value is -2.04. The van der Waals surface area contributed by atoms with Crippen molar-refractivity contribution in [3.8, 4) is 0 Å². The van der Waals surface area contributed by atoms with Crippen LogP contribution in [0.4, 0.5) is 0 Å². The van der Waals surface area contributed by atoms with E-state index in [1.807, 2.05) is 30.3 Å². The Morgan fingerprint density at radius 3 is 2.57 bits per heavy atom. The highest BCUT2D eigenvalue weighted by molar-refractivity contribution is 5.73. The average molecular weight is 395 g/mol. The first-order chi connectivity index (χ1) is 13.4. The van der Waals surface area contributed by atoms with Gasteiger partial charge in [0.2, 0.25) is 5.91 Å². The Labute approximate surface area is 162 Å². The number of hydrogen-bond donors (Lipinski definition) is 2. The molecule has 7 atom stereocenters. The number of benzene rings is 1. The SMILES string of the molecule is CO[C@H]1O[C@@H]2CO[C@@H](c3ccccc3)O[C@H]2[C@H](OC(C)C(=O)O)[C@H]1NC(C)=O. The van der Waals surface area contributed by atoms with Crippen LogP contribution >= 0.6 is 0 Å². The normalized spacial score (nSPS) is 33.5. The monoisotopic (exact) mass is 395 g/mol. The van der Waals surface area contributed by atoms with Gasteiger partial charge < -0.3 is 34.1 Å². The van der Waals surface area contributed by atoms with Gasteiger partial charge in [-0.05, 0) is 6.92 Å². The first-order valence-corrected chi connectivity index (χ1v) is 9.06. The zero-order chi connectivity index (χ0) is 20.3. The Morgan fingerprint density at radius 2 is 1.96 bits per heavy atom. The molecule has 0 aliphatic carbocycles. The topological polar surface area (TPSA) is 113 Å². The molecule has 28 heavy (non-hydrogen) atoms. The molecule has 2 fully saturated rings. The van der Waals surface area contributed by atoms with Crippen LogP contribution in [0, 0.1) is 0 Å². The van der Waals surface area contributed by atoms with Crippen molar-refractivity contribution in [1.82, 2.24) is 5.32 Å². The van der Waals surface area contributed by atoms with E-state index in [4.69, 9.17) is 23.7 Å². The minimum atomic E-state index is -1.12. The van der Waals surface area contributed by atoms with E-state index in [0.29, 0.717) is 0 Å². The predicted molar refractivity (Wildman–Crippen MR) is 95.3 cm³/mol. The zero-order valence-electron chi connectivity index (χ0n) is 15.9. The lowest BCUT2D eigenvalue weighted by atomic mass is 9.95. The number of carboxylic acids is 1. The smallest absolute Gasteiger partial charge is 0.332 e. The number of amides is 1. The third-order valence-electron chi connectivity index (χ3n) is 4.72. The minimum Gasteiger partial charge on any atom is -0.479 e. The van der Waals surface area contributed by atoms with Crippen LogP contribution in [-0.2, 0) is 33.3 Å². The van der Waals surface area contributed by atoms with E-state index >= 15 is 0 Å². The third kappa shape index (κ3) is 4.50. The summed E-state index contributed by atoms with van der Waals surface area (Å²) in [6, 6.07) is 8.61. The molecule has 1 amide bonds. The number of carbonyl (C=O) groups is 2. The predicted octanol–water partition coefficient (Wildman–Crippen LogP) is 0.835. The van der Waals surface area contributed by atoms with E-state index in [1.165, 1.54) is 21.0 Å². The molecule has 0 spiro atoms. The van der Waals surface area contributed by atoms with Crippen LogP contribution in [0.5, 0.6) is 0 Å². The second kappa shape index (κ2) is 8.97. The number of rotatable bonds is 6. The van der Waals surface area contributed by atoms with Crippen LogP contribution in [0.25, 0.3) is 0 Å². The highest BCUT2D eigenvalue weighted by atomic mass is 16.7. The van der Waals surface area contributed by atoms with Gasteiger partial charge in [-0.15, -0.1) is 0 Å². The first kappa shape index (κ1) is 20.7. The van der Waals surface area contributed by atoms with E-state index in [2.05, 4.69) is 5.32 Å². The van der Waals surface area contributed by atoms with Gasteiger partial charge in [0.15, 0.2) is 18.7 Å².